The molecule has 0 radical (unpaired) electrons. The van der Waals surface area contributed by atoms with E-state index in [4.69, 9.17) is 9.47 Å². The number of hydrogen-bond acceptors (Lipinski definition) is 4. The number of aliphatic hydroxyl groups is 1. The zero-order valence-electron chi connectivity index (χ0n) is 16.9. The molecule has 3 aromatic carbocycles. The first-order valence-electron chi connectivity index (χ1n) is 10.0. The Labute approximate surface area is 176 Å². The van der Waals surface area contributed by atoms with Gasteiger partial charge in [-0.2, -0.15) is 0 Å². The monoisotopic (exact) mass is 403 g/mol. The van der Waals surface area contributed by atoms with E-state index in [9.17, 15) is 9.90 Å². The fourth-order valence-corrected chi connectivity index (χ4v) is 3.81. The molecule has 0 spiro atoms. The predicted molar refractivity (Wildman–Crippen MR) is 116 cm³/mol. The molecule has 4 rings (SSSR count). The van der Waals surface area contributed by atoms with Crippen LogP contribution in [-0.2, 0) is 17.8 Å². The molecule has 5 nitrogen and oxygen atoms in total. The minimum absolute atomic E-state index is 0.0311. The highest BCUT2D eigenvalue weighted by Crippen LogP contribution is 2.35. The molecule has 3 aromatic rings. The molecule has 0 saturated carbocycles. The number of methoxy groups -OCH3 is 1. The maximum Gasteiger partial charge on any atom is 0.232 e. The fraction of sp³-hybridized carbons (Fsp3) is 0.240. The van der Waals surface area contributed by atoms with Crippen molar-refractivity contribution in [3.05, 3.63) is 90.0 Å². The van der Waals surface area contributed by atoms with Crippen LogP contribution in [0.25, 0.3) is 0 Å². The Morgan fingerprint density at radius 2 is 1.53 bits per heavy atom. The van der Waals surface area contributed by atoms with Gasteiger partial charge in [0.2, 0.25) is 5.91 Å². The lowest BCUT2D eigenvalue weighted by Crippen LogP contribution is -2.63. The SMILES string of the molecule is COc1ccc(N2C(=O)[C@@H](Cc3ccc(OCc4ccccc4)cc3)[C@H]2CO)cc1. The van der Waals surface area contributed by atoms with Crippen LogP contribution in [0.4, 0.5) is 5.69 Å². The molecule has 0 aromatic heterocycles. The highest BCUT2D eigenvalue weighted by molar-refractivity contribution is 6.03. The van der Waals surface area contributed by atoms with E-state index in [1.807, 2.05) is 78.9 Å². The third kappa shape index (κ3) is 4.16. The molecule has 1 heterocycles. The number of amides is 1. The van der Waals surface area contributed by atoms with E-state index in [0.717, 1.165) is 28.3 Å². The molecule has 0 bridgehead atoms. The fourth-order valence-electron chi connectivity index (χ4n) is 3.81. The van der Waals surface area contributed by atoms with Crippen molar-refractivity contribution in [1.29, 1.82) is 0 Å². The lowest BCUT2D eigenvalue weighted by atomic mass is 9.82. The Hall–Kier alpha value is -3.31. The van der Waals surface area contributed by atoms with Crippen molar-refractivity contribution < 1.29 is 19.4 Å². The largest absolute Gasteiger partial charge is 0.497 e. The molecule has 30 heavy (non-hydrogen) atoms. The molecule has 0 aliphatic carbocycles. The number of hydrogen-bond donors (Lipinski definition) is 1. The van der Waals surface area contributed by atoms with Crippen molar-refractivity contribution in [2.24, 2.45) is 5.92 Å². The normalized spacial score (nSPS) is 18.1. The molecule has 2 atom stereocenters. The summed E-state index contributed by atoms with van der Waals surface area (Å²) in [5, 5.41) is 9.87. The second-order valence-electron chi connectivity index (χ2n) is 7.39. The van der Waals surface area contributed by atoms with Crippen LogP contribution >= 0.6 is 0 Å². The molecule has 0 unspecified atom stereocenters. The molecule has 1 N–H and O–H groups in total. The molecular formula is C25H25NO4. The zero-order chi connectivity index (χ0) is 20.9. The number of aliphatic hydroxyl groups excluding tert-OH is 1. The number of carbonyl (C=O) groups excluding carboxylic acids is 1. The van der Waals surface area contributed by atoms with Gasteiger partial charge in [0.05, 0.1) is 25.7 Å². The Bertz CT molecular complexity index is 970. The van der Waals surface area contributed by atoms with Crippen molar-refractivity contribution in [2.75, 3.05) is 18.6 Å². The number of rotatable bonds is 8. The van der Waals surface area contributed by atoms with Gasteiger partial charge in [0, 0.05) is 5.69 Å². The topological polar surface area (TPSA) is 59.0 Å². The Morgan fingerprint density at radius 1 is 0.867 bits per heavy atom. The van der Waals surface area contributed by atoms with Gasteiger partial charge in [-0.15, -0.1) is 0 Å². The summed E-state index contributed by atoms with van der Waals surface area (Å²) in [6.07, 6.45) is 0.593. The third-order valence-electron chi connectivity index (χ3n) is 5.52. The van der Waals surface area contributed by atoms with Crippen molar-refractivity contribution in [3.63, 3.8) is 0 Å². The number of anilines is 1. The maximum atomic E-state index is 12.8. The van der Waals surface area contributed by atoms with Crippen LogP contribution in [0, 0.1) is 5.92 Å². The number of ether oxygens (including phenoxy) is 2. The predicted octanol–water partition coefficient (Wildman–Crippen LogP) is 3.84. The molecule has 1 saturated heterocycles. The van der Waals surface area contributed by atoms with Gasteiger partial charge in [-0.1, -0.05) is 42.5 Å². The summed E-state index contributed by atoms with van der Waals surface area (Å²) in [4.78, 5) is 14.4. The molecule has 5 heteroatoms. The lowest BCUT2D eigenvalue weighted by molar-refractivity contribution is -0.131. The van der Waals surface area contributed by atoms with Gasteiger partial charge in [-0.05, 0) is 53.9 Å². The summed E-state index contributed by atoms with van der Waals surface area (Å²) in [5.74, 6) is 1.33. The van der Waals surface area contributed by atoms with Crippen LogP contribution in [0.15, 0.2) is 78.9 Å². The van der Waals surface area contributed by atoms with Crippen LogP contribution in [0.3, 0.4) is 0 Å². The van der Waals surface area contributed by atoms with Gasteiger partial charge in [0.1, 0.15) is 18.1 Å². The highest BCUT2D eigenvalue weighted by atomic mass is 16.5. The van der Waals surface area contributed by atoms with E-state index < -0.39 is 0 Å². The molecule has 1 amide bonds. The van der Waals surface area contributed by atoms with Gasteiger partial charge in [-0.25, -0.2) is 0 Å². The zero-order valence-corrected chi connectivity index (χ0v) is 16.9. The number of nitrogens with zero attached hydrogens (tertiary/aromatic N) is 1. The highest BCUT2D eigenvalue weighted by Gasteiger charge is 2.47. The average molecular weight is 403 g/mol. The molecule has 1 aliphatic heterocycles. The lowest BCUT2D eigenvalue weighted by Gasteiger charge is -2.46. The van der Waals surface area contributed by atoms with Crippen molar-refractivity contribution >= 4 is 11.6 Å². The summed E-state index contributed by atoms with van der Waals surface area (Å²) in [5.41, 5.74) is 2.94. The van der Waals surface area contributed by atoms with E-state index in [1.54, 1.807) is 12.0 Å². The van der Waals surface area contributed by atoms with Crippen molar-refractivity contribution in [1.82, 2.24) is 0 Å². The molecule has 1 fully saturated rings. The first kappa shape index (κ1) is 20.0. The summed E-state index contributed by atoms with van der Waals surface area (Å²) in [7, 11) is 1.61. The van der Waals surface area contributed by atoms with Gasteiger partial charge in [-0.3, -0.25) is 4.79 Å². The van der Waals surface area contributed by atoms with Crippen LogP contribution in [0.1, 0.15) is 11.1 Å². The van der Waals surface area contributed by atoms with Gasteiger partial charge < -0.3 is 19.5 Å². The minimum Gasteiger partial charge on any atom is -0.497 e. The van der Waals surface area contributed by atoms with E-state index in [2.05, 4.69) is 0 Å². The van der Waals surface area contributed by atoms with Crippen LogP contribution in [0.2, 0.25) is 0 Å². The quantitative estimate of drug-likeness (QED) is 0.581. The van der Waals surface area contributed by atoms with E-state index in [1.165, 1.54) is 0 Å². The second-order valence-corrected chi connectivity index (χ2v) is 7.39. The summed E-state index contributed by atoms with van der Waals surface area (Å²) >= 11 is 0. The number of carbonyl (C=O) groups is 1. The second kappa shape index (κ2) is 9.01. The van der Waals surface area contributed by atoms with E-state index in [-0.39, 0.29) is 24.5 Å². The Kier molecular flexibility index (Phi) is 6.00. The van der Waals surface area contributed by atoms with Gasteiger partial charge in [0.15, 0.2) is 0 Å². The summed E-state index contributed by atoms with van der Waals surface area (Å²) < 4.78 is 11.0. The van der Waals surface area contributed by atoms with E-state index in [0.29, 0.717) is 13.0 Å². The average Bonchev–Trinajstić information content (AvgIpc) is 2.81. The van der Waals surface area contributed by atoms with Crippen molar-refractivity contribution in [3.8, 4) is 11.5 Å². The molecular weight excluding hydrogens is 378 g/mol. The van der Waals surface area contributed by atoms with Gasteiger partial charge in [0.25, 0.3) is 0 Å². The molecule has 154 valence electrons. The van der Waals surface area contributed by atoms with E-state index >= 15 is 0 Å². The Morgan fingerprint density at radius 3 is 2.17 bits per heavy atom. The number of β-lactam (4-membered cyclic amide) rings is 1. The first-order chi connectivity index (χ1) is 14.7. The summed E-state index contributed by atoms with van der Waals surface area (Å²) in [6.45, 7) is 0.450. The smallest absolute Gasteiger partial charge is 0.232 e. The van der Waals surface area contributed by atoms with Crippen molar-refractivity contribution in [2.45, 2.75) is 19.1 Å². The third-order valence-corrected chi connectivity index (χ3v) is 5.52. The standard InChI is InChI=1S/C25H25NO4/c1-29-21-13-9-20(10-14-21)26-24(16-27)23(25(26)28)15-18-7-11-22(12-8-18)30-17-19-5-3-2-4-6-19/h2-14,23-24,27H,15-17H2,1H3/t23-,24+/m0/s1. The van der Waals surface area contributed by atoms with Crippen LogP contribution in [-0.4, -0.2) is 30.8 Å². The summed E-state index contributed by atoms with van der Waals surface area (Å²) in [6, 6.07) is 24.9. The Balaban J connectivity index is 1.37. The van der Waals surface area contributed by atoms with Crippen LogP contribution < -0.4 is 14.4 Å². The minimum atomic E-state index is -0.229. The first-order valence-corrected chi connectivity index (χ1v) is 10.0. The maximum absolute atomic E-state index is 12.8. The van der Waals surface area contributed by atoms with Crippen LogP contribution in [0.5, 0.6) is 11.5 Å². The van der Waals surface area contributed by atoms with Gasteiger partial charge >= 0.3 is 0 Å². The number of benzene rings is 3. The molecule has 1 aliphatic rings.